The van der Waals surface area contributed by atoms with Crippen LogP contribution in [0.2, 0.25) is 0 Å². The van der Waals surface area contributed by atoms with Crippen LogP contribution in [0.3, 0.4) is 0 Å². The molecule has 1 atom stereocenters. The first kappa shape index (κ1) is 36.1. The second kappa shape index (κ2) is 31.8. The Labute approximate surface area is 177 Å². The summed E-state index contributed by atoms with van der Waals surface area (Å²) in [4.78, 5) is 0. The van der Waals surface area contributed by atoms with Crippen LogP contribution in [0.4, 0.5) is 0 Å². The molecule has 0 aliphatic carbocycles. The van der Waals surface area contributed by atoms with Gasteiger partial charge in [0.1, 0.15) is 0 Å². The average molecular weight is 430 g/mol. The van der Waals surface area contributed by atoms with E-state index in [-0.39, 0.29) is 49.6 Å². The van der Waals surface area contributed by atoms with Crippen LogP contribution >= 0.6 is 49.6 Å². The molecule has 0 aromatic heterocycles. The highest BCUT2D eigenvalue weighted by Gasteiger charge is 2.01. The third kappa shape index (κ3) is 30.9. The molecule has 2 N–H and O–H groups in total. The molecule has 154 valence electrons. The third-order valence-corrected chi connectivity index (χ3v) is 3.93. The molecule has 6 heteroatoms. The first-order valence-corrected chi connectivity index (χ1v) is 9.22. The molecule has 0 radical (unpaired) electrons. The minimum Gasteiger partial charge on any atom is -0.317 e. The van der Waals surface area contributed by atoms with E-state index in [0.717, 1.165) is 5.92 Å². The summed E-state index contributed by atoms with van der Waals surface area (Å²) in [7, 11) is 0. The lowest BCUT2D eigenvalue weighted by Gasteiger charge is -2.12. The summed E-state index contributed by atoms with van der Waals surface area (Å²) in [5, 5.41) is 7.07. The van der Waals surface area contributed by atoms with Gasteiger partial charge in [0.2, 0.25) is 0 Å². The molecule has 0 aliphatic heterocycles. The maximum atomic E-state index is 3.61. The predicted octanol–water partition coefficient (Wildman–Crippen LogP) is 6.43. The van der Waals surface area contributed by atoms with Gasteiger partial charge < -0.3 is 10.6 Å². The summed E-state index contributed by atoms with van der Waals surface area (Å²) < 4.78 is 0. The van der Waals surface area contributed by atoms with Crippen LogP contribution in [0.15, 0.2) is 0 Å². The molecule has 1 unspecified atom stereocenters. The Morgan fingerprint density at radius 2 is 1.12 bits per heavy atom. The van der Waals surface area contributed by atoms with E-state index in [1.54, 1.807) is 0 Å². The fourth-order valence-electron chi connectivity index (χ4n) is 2.53. The molecule has 0 rings (SSSR count). The van der Waals surface area contributed by atoms with E-state index in [1.807, 2.05) is 0 Å². The van der Waals surface area contributed by atoms with E-state index in [0.29, 0.717) is 0 Å². The minimum atomic E-state index is 0. The van der Waals surface area contributed by atoms with Crippen molar-refractivity contribution in [1.29, 1.82) is 0 Å². The van der Waals surface area contributed by atoms with Crippen molar-refractivity contribution in [3.8, 4) is 0 Å². The standard InChI is InChI=1S/C18H40N2.4ClH/c1-4-6-7-8-9-10-13-18(3)17-20-16-12-11-15-19-14-5-2;;;;/h18-20H,4-17H2,1-3H3;4*1H. The molecule has 0 amide bonds. The second-order valence-electron chi connectivity index (χ2n) is 6.32. The molecule has 0 aliphatic rings. The molecule has 0 aromatic rings. The van der Waals surface area contributed by atoms with Crippen LogP contribution in [-0.4, -0.2) is 26.2 Å². The predicted molar refractivity (Wildman–Crippen MR) is 121 cm³/mol. The van der Waals surface area contributed by atoms with Gasteiger partial charge in [-0.25, -0.2) is 0 Å². The number of hydrogen-bond donors (Lipinski definition) is 2. The van der Waals surface area contributed by atoms with Crippen molar-refractivity contribution in [3.05, 3.63) is 0 Å². The summed E-state index contributed by atoms with van der Waals surface area (Å²) in [6.45, 7) is 11.6. The summed E-state index contributed by atoms with van der Waals surface area (Å²) >= 11 is 0. The number of hydrogen-bond acceptors (Lipinski definition) is 2. The Hall–Kier alpha value is 1.08. The first-order valence-electron chi connectivity index (χ1n) is 9.22. The van der Waals surface area contributed by atoms with Gasteiger partial charge in [-0.1, -0.05) is 59.3 Å². The van der Waals surface area contributed by atoms with Crippen LogP contribution in [-0.2, 0) is 0 Å². The summed E-state index contributed by atoms with van der Waals surface area (Å²) in [6, 6.07) is 0. The zero-order valence-corrected chi connectivity index (χ0v) is 19.4. The van der Waals surface area contributed by atoms with Crippen LogP contribution in [0.1, 0.15) is 85.0 Å². The molecule has 0 heterocycles. The van der Waals surface area contributed by atoms with Crippen LogP contribution < -0.4 is 10.6 Å². The highest BCUT2D eigenvalue weighted by Crippen LogP contribution is 2.11. The zero-order chi connectivity index (χ0) is 14.9. The lowest BCUT2D eigenvalue weighted by atomic mass is 10.0. The van der Waals surface area contributed by atoms with Gasteiger partial charge in [-0.3, -0.25) is 0 Å². The molecule has 0 spiro atoms. The van der Waals surface area contributed by atoms with Gasteiger partial charge >= 0.3 is 0 Å². The SMILES string of the molecule is CCCCCCCCC(C)CNCCCCNCCC.Cl.Cl.Cl.Cl. The van der Waals surface area contributed by atoms with E-state index in [2.05, 4.69) is 31.4 Å². The average Bonchev–Trinajstić information content (AvgIpc) is 2.45. The topological polar surface area (TPSA) is 24.1 Å². The molecular weight excluding hydrogens is 386 g/mol. The molecule has 2 nitrogen and oxygen atoms in total. The molecule has 24 heavy (non-hydrogen) atoms. The molecule has 0 saturated heterocycles. The fraction of sp³-hybridized carbons (Fsp3) is 1.00. The summed E-state index contributed by atoms with van der Waals surface area (Å²) in [5.41, 5.74) is 0. The first-order chi connectivity index (χ1) is 9.81. The summed E-state index contributed by atoms with van der Waals surface area (Å²) in [6.07, 6.45) is 13.8. The lowest BCUT2D eigenvalue weighted by molar-refractivity contribution is 0.446. The monoisotopic (exact) mass is 428 g/mol. The molecule has 0 saturated carbocycles. The Bertz CT molecular complexity index is 186. The van der Waals surface area contributed by atoms with Crippen LogP contribution in [0, 0.1) is 5.92 Å². The smallest absolute Gasteiger partial charge is 0.00232 e. The van der Waals surface area contributed by atoms with E-state index in [1.165, 1.54) is 90.4 Å². The van der Waals surface area contributed by atoms with Gasteiger partial charge in [-0.05, 0) is 57.8 Å². The largest absolute Gasteiger partial charge is 0.317 e. The van der Waals surface area contributed by atoms with Gasteiger partial charge in [0.05, 0.1) is 0 Å². The summed E-state index contributed by atoms with van der Waals surface area (Å²) in [5.74, 6) is 0.847. The maximum Gasteiger partial charge on any atom is -0.00232 e. The van der Waals surface area contributed by atoms with Gasteiger partial charge in [0.25, 0.3) is 0 Å². The molecule has 0 fully saturated rings. The normalized spacial score (nSPS) is 10.6. The van der Waals surface area contributed by atoms with Gasteiger partial charge in [0, 0.05) is 0 Å². The van der Waals surface area contributed by atoms with Crippen molar-refractivity contribution in [2.24, 2.45) is 5.92 Å². The molecule has 0 bridgehead atoms. The Morgan fingerprint density at radius 3 is 1.71 bits per heavy atom. The van der Waals surface area contributed by atoms with E-state index in [9.17, 15) is 0 Å². The van der Waals surface area contributed by atoms with Crippen molar-refractivity contribution in [3.63, 3.8) is 0 Å². The van der Waals surface area contributed by atoms with Gasteiger partial charge in [-0.15, -0.1) is 49.6 Å². The highest BCUT2D eigenvalue weighted by molar-refractivity contribution is 5.86. The Morgan fingerprint density at radius 1 is 0.583 bits per heavy atom. The molecular formula is C18H44Cl4N2. The zero-order valence-electron chi connectivity index (χ0n) is 16.1. The van der Waals surface area contributed by atoms with Gasteiger partial charge in [-0.2, -0.15) is 0 Å². The van der Waals surface area contributed by atoms with Crippen LogP contribution in [0.25, 0.3) is 0 Å². The van der Waals surface area contributed by atoms with E-state index < -0.39 is 0 Å². The van der Waals surface area contributed by atoms with E-state index >= 15 is 0 Å². The van der Waals surface area contributed by atoms with Gasteiger partial charge in [0.15, 0.2) is 0 Å². The second-order valence-corrected chi connectivity index (χ2v) is 6.32. The van der Waals surface area contributed by atoms with Crippen LogP contribution in [0.5, 0.6) is 0 Å². The molecule has 0 aromatic carbocycles. The maximum absolute atomic E-state index is 3.61. The van der Waals surface area contributed by atoms with Crippen molar-refractivity contribution < 1.29 is 0 Å². The highest BCUT2D eigenvalue weighted by atomic mass is 35.5. The Kier molecular flexibility index (Phi) is 47.8. The number of halogens is 4. The van der Waals surface area contributed by atoms with Crippen molar-refractivity contribution in [2.75, 3.05) is 26.2 Å². The van der Waals surface area contributed by atoms with Crippen molar-refractivity contribution in [2.45, 2.75) is 85.0 Å². The van der Waals surface area contributed by atoms with Crippen molar-refractivity contribution >= 4 is 49.6 Å². The third-order valence-electron chi connectivity index (χ3n) is 3.93. The quantitative estimate of drug-likeness (QED) is 0.276. The number of rotatable bonds is 16. The minimum absolute atomic E-state index is 0. The number of unbranched alkanes of at least 4 members (excludes halogenated alkanes) is 6. The fourth-order valence-corrected chi connectivity index (χ4v) is 2.53. The Balaban J connectivity index is -0.000000301. The van der Waals surface area contributed by atoms with E-state index in [4.69, 9.17) is 0 Å². The van der Waals surface area contributed by atoms with Crippen molar-refractivity contribution in [1.82, 2.24) is 10.6 Å². The lowest BCUT2D eigenvalue weighted by Crippen LogP contribution is -2.23. The number of nitrogens with one attached hydrogen (secondary N) is 2.